The Hall–Kier alpha value is -1.64. The maximum Gasteiger partial charge on any atom is 0.244 e. The molecule has 2 atom stereocenters. The number of fused-ring (bicyclic) bond motifs is 2. The highest BCUT2D eigenvalue weighted by atomic mass is 16.2. The van der Waals surface area contributed by atoms with E-state index in [-0.39, 0.29) is 5.91 Å². The van der Waals surface area contributed by atoms with Gasteiger partial charge in [-0.05, 0) is 43.1 Å². The number of benzene rings is 1. The molecule has 3 heteroatoms. The molecule has 1 aromatic carbocycles. The van der Waals surface area contributed by atoms with Crippen molar-refractivity contribution in [3.8, 4) is 0 Å². The Morgan fingerprint density at radius 2 is 2.11 bits per heavy atom. The van der Waals surface area contributed by atoms with Crippen molar-refractivity contribution in [3.63, 3.8) is 0 Å². The van der Waals surface area contributed by atoms with Crippen molar-refractivity contribution in [2.45, 2.75) is 32.1 Å². The van der Waals surface area contributed by atoms with Crippen molar-refractivity contribution < 1.29 is 4.79 Å². The quantitative estimate of drug-likeness (QED) is 0.813. The Labute approximate surface area is 107 Å². The van der Waals surface area contributed by atoms with Crippen LogP contribution in [0.25, 0.3) is 0 Å². The van der Waals surface area contributed by atoms with E-state index in [0.29, 0.717) is 12.3 Å². The molecule has 1 amide bonds. The molecular weight excluding hydrogens is 224 g/mol. The summed E-state index contributed by atoms with van der Waals surface area (Å²) in [7, 11) is 0. The zero-order chi connectivity index (χ0) is 12.4. The number of amides is 1. The molecule has 3 rings (SSSR count). The average Bonchev–Trinajstić information content (AvgIpc) is 3.00. The van der Waals surface area contributed by atoms with Gasteiger partial charge in [-0.1, -0.05) is 30.3 Å². The Kier molecular flexibility index (Phi) is 3.13. The summed E-state index contributed by atoms with van der Waals surface area (Å²) >= 11 is 0. The van der Waals surface area contributed by atoms with Gasteiger partial charge in [0, 0.05) is 5.71 Å². The molecule has 2 bridgehead atoms. The van der Waals surface area contributed by atoms with Crippen LogP contribution in [0.4, 0.5) is 0 Å². The van der Waals surface area contributed by atoms with E-state index in [4.69, 9.17) is 0 Å². The standard InChI is InChI=1S/C15H18N2O/c18-15(10-11-4-2-1-3-5-11)17-16-14-9-12-6-7-13(14)8-12/h1-5,12-13H,6-10H2,(H,17,18). The smallest absolute Gasteiger partial charge is 0.244 e. The summed E-state index contributed by atoms with van der Waals surface area (Å²) in [4.78, 5) is 11.8. The van der Waals surface area contributed by atoms with Crippen LogP contribution in [-0.2, 0) is 11.2 Å². The lowest BCUT2D eigenvalue weighted by atomic mass is 9.99. The molecule has 94 valence electrons. The number of hydrazone groups is 1. The summed E-state index contributed by atoms with van der Waals surface area (Å²) in [5.74, 6) is 1.46. The summed E-state index contributed by atoms with van der Waals surface area (Å²) < 4.78 is 0. The maximum absolute atomic E-state index is 11.8. The van der Waals surface area contributed by atoms with Gasteiger partial charge in [-0.2, -0.15) is 5.10 Å². The second kappa shape index (κ2) is 4.92. The summed E-state index contributed by atoms with van der Waals surface area (Å²) in [6.07, 6.45) is 5.40. The van der Waals surface area contributed by atoms with Crippen LogP contribution >= 0.6 is 0 Å². The van der Waals surface area contributed by atoms with Crippen LogP contribution in [0.2, 0.25) is 0 Å². The predicted molar refractivity (Wildman–Crippen MR) is 71.2 cm³/mol. The lowest BCUT2D eigenvalue weighted by Crippen LogP contribution is -2.23. The lowest BCUT2D eigenvalue weighted by molar-refractivity contribution is -0.120. The highest BCUT2D eigenvalue weighted by Crippen LogP contribution is 2.42. The van der Waals surface area contributed by atoms with E-state index in [0.717, 1.165) is 17.9 Å². The number of carbonyl (C=O) groups is 1. The fourth-order valence-corrected chi connectivity index (χ4v) is 3.12. The molecule has 2 unspecified atom stereocenters. The molecular formula is C15H18N2O. The van der Waals surface area contributed by atoms with Crippen molar-refractivity contribution in [1.82, 2.24) is 5.43 Å². The van der Waals surface area contributed by atoms with Crippen LogP contribution in [-0.4, -0.2) is 11.6 Å². The first-order valence-electron chi connectivity index (χ1n) is 6.70. The number of nitrogens with one attached hydrogen (secondary N) is 1. The van der Waals surface area contributed by atoms with E-state index in [1.165, 1.54) is 25.0 Å². The third-order valence-electron chi connectivity index (χ3n) is 4.04. The van der Waals surface area contributed by atoms with E-state index < -0.39 is 0 Å². The molecule has 0 heterocycles. The molecule has 2 aliphatic rings. The highest BCUT2D eigenvalue weighted by Gasteiger charge is 2.36. The lowest BCUT2D eigenvalue weighted by Gasteiger charge is -2.11. The van der Waals surface area contributed by atoms with Crippen LogP contribution in [0, 0.1) is 11.8 Å². The summed E-state index contributed by atoms with van der Waals surface area (Å²) in [6, 6.07) is 9.78. The summed E-state index contributed by atoms with van der Waals surface area (Å²) in [6.45, 7) is 0. The number of hydrogen-bond acceptors (Lipinski definition) is 2. The van der Waals surface area contributed by atoms with Gasteiger partial charge in [0.25, 0.3) is 0 Å². The third kappa shape index (κ3) is 2.45. The molecule has 18 heavy (non-hydrogen) atoms. The van der Waals surface area contributed by atoms with Gasteiger partial charge in [-0.25, -0.2) is 5.43 Å². The monoisotopic (exact) mass is 242 g/mol. The summed E-state index contributed by atoms with van der Waals surface area (Å²) in [5, 5.41) is 4.32. The van der Waals surface area contributed by atoms with Gasteiger partial charge < -0.3 is 0 Å². The second-order valence-corrected chi connectivity index (χ2v) is 5.38. The van der Waals surface area contributed by atoms with Gasteiger partial charge in [-0.15, -0.1) is 0 Å². The minimum absolute atomic E-state index is 0.0172. The zero-order valence-corrected chi connectivity index (χ0v) is 10.4. The molecule has 2 aliphatic carbocycles. The second-order valence-electron chi connectivity index (χ2n) is 5.38. The van der Waals surface area contributed by atoms with E-state index >= 15 is 0 Å². The topological polar surface area (TPSA) is 41.5 Å². The first-order chi connectivity index (χ1) is 8.81. The zero-order valence-electron chi connectivity index (χ0n) is 10.4. The van der Waals surface area contributed by atoms with Crippen LogP contribution in [0.5, 0.6) is 0 Å². The van der Waals surface area contributed by atoms with Gasteiger partial charge in [0.2, 0.25) is 5.91 Å². The van der Waals surface area contributed by atoms with Crippen LogP contribution in [0.15, 0.2) is 35.4 Å². The first kappa shape index (κ1) is 11.5. The van der Waals surface area contributed by atoms with Crippen molar-refractivity contribution in [2.24, 2.45) is 16.9 Å². The minimum atomic E-state index is -0.0172. The van der Waals surface area contributed by atoms with Gasteiger partial charge in [0.15, 0.2) is 0 Å². The molecule has 3 nitrogen and oxygen atoms in total. The number of carbonyl (C=O) groups excluding carboxylic acids is 1. The van der Waals surface area contributed by atoms with E-state index in [1.54, 1.807) is 0 Å². The number of nitrogens with zero attached hydrogens (tertiary/aromatic N) is 1. The van der Waals surface area contributed by atoms with E-state index in [1.807, 2.05) is 30.3 Å². The normalized spacial score (nSPS) is 27.7. The number of hydrogen-bond donors (Lipinski definition) is 1. The molecule has 1 N–H and O–H groups in total. The first-order valence-corrected chi connectivity index (χ1v) is 6.70. The Bertz CT molecular complexity index is 467. The van der Waals surface area contributed by atoms with Gasteiger partial charge in [0.1, 0.15) is 0 Å². The van der Waals surface area contributed by atoms with Crippen LogP contribution in [0.1, 0.15) is 31.2 Å². The molecule has 0 spiro atoms. The molecule has 0 aliphatic heterocycles. The largest absolute Gasteiger partial charge is 0.273 e. The Morgan fingerprint density at radius 3 is 2.78 bits per heavy atom. The highest BCUT2D eigenvalue weighted by molar-refractivity contribution is 5.91. The SMILES string of the molecule is O=C(Cc1ccccc1)NN=C1CC2CCC1C2. The van der Waals surface area contributed by atoms with Crippen molar-refractivity contribution in [1.29, 1.82) is 0 Å². The molecule has 0 radical (unpaired) electrons. The average molecular weight is 242 g/mol. The fourth-order valence-electron chi connectivity index (χ4n) is 3.12. The van der Waals surface area contributed by atoms with Crippen molar-refractivity contribution in [2.75, 3.05) is 0 Å². The summed E-state index contributed by atoms with van der Waals surface area (Å²) in [5.41, 5.74) is 4.95. The van der Waals surface area contributed by atoms with Crippen LogP contribution < -0.4 is 5.43 Å². The van der Waals surface area contributed by atoms with Crippen molar-refractivity contribution >= 4 is 11.6 Å². The van der Waals surface area contributed by atoms with Gasteiger partial charge in [0.05, 0.1) is 6.42 Å². The Balaban J connectivity index is 1.54. The van der Waals surface area contributed by atoms with Gasteiger partial charge in [-0.3, -0.25) is 4.79 Å². The molecule has 2 fully saturated rings. The minimum Gasteiger partial charge on any atom is -0.273 e. The molecule has 2 saturated carbocycles. The fraction of sp³-hybridized carbons (Fsp3) is 0.467. The number of rotatable bonds is 3. The van der Waals surface area contributed by atoms with Crippen LogP contribution in [0.3, 0.4) is 0 Å². The predicted octanol–water partition coefficient (Wildman–Crippen LogP) is 2.52. The maximum atomic E-state index is 11.8. The molecule has 0 saturated heterocycles. The molecule has 0 aromatic heterocycles. The van der Waals surface area contributed by atoms with Gasteiger partial charge >= 0.3 is 0 Å². The van der Waals surface area contributed by atoms with E-state index in [9.17, 15) is 4.79 Å². The Morgan fingerprint density at radius 1 is 1.28 bits per heavy atom. The van der Waals surface area contributed by atoms with Crippen molar-refractivity contribution in [3.05, 3.63) is 35.9 Å². The third-order valence-corrected chi connectivity index (χ3v) is 4.04. The van der Waals surface area contributed by atoms with E-state index in [2.05, 4.69) is 10.5 Å². The molecule has 1 aromatic rings.